The quantitative estimate of drug-likeness (QED) is 0.874. The Morgan fingerprint density at radius 1 is 1.46 bits per heavy atom. The Morgan fingerprint density at radius 2 is 2.08 bits per heavy atom. The molecule has 70 valence electrons. The first kappa shape index (κ1) is 9.09. The number of hydrogen-bond donors (Lipinski definition) is 1. The van der Waals surface area contributed by atoms with Crippen molar-refractivity contribution in [2.24, 2.45) is 11.7 Å². The van der Waals surface area contributed by atoms with Crippen LogP contribution in [-0.4, -0.2) is 16.0 Å². The molecule has 1 aliphatic rings. The molecule has 1 saturated carbocycles. The molecule has 4 heteroatoms. The van der Waals surface area contributed by atoms with Crippen LogP contribution >= 0.6 is 15.9 Å². The van der Waals surface area contributed by atoms with Crippen molar-refractivity contribution in [1.82, 2.24) is 9.97 Å². The largest absolute Gasteiger partial charge is 0.327 e. The Hall–Kier alpha value is -0.480. The van der Waals surface area contributed by atoms with E-state index in [-0.39, 0.29) is 6.04 Å². The average Bonchev–Trinajstić information content (AvgIpc) is 2.91. The maximum absolute atomic E-state index is 5.96. The van der Waals surface area contributed by atoms with E-state index in [2.05, 4.69) is 25.9 Å². The lowest BCUT2D eigenvalue weighted by molar-refractivity contribution is 0.575. The van der Waals surface area contributed by atoms with Crippen molar-refractivity contribution in [3.8, 4) is 0 Å². The van der Waals surface area contributed by atoms with E-state index in [1.807, 2.05) is 0 Å². The molecule has 1 fully saturated rings. The Bertz CT molecular complexity index is 281. The highest BCUT2D eigenvalue weighted by molar-refractivity contribution is 9.10. The molecule has 0 amide bonds. The highest BCUT2D eigenvalue weighted by Crippen LogP contribution is 2.32. The van der Waals surface area contributed by atoms with Crippen LogP contribution in [0.5, 0.6) is 0 Å². The number of hydrogen-bond acceptors (Lipinski definition) is 3. The molecule has 1 unspecified atom stereocenters. The van der Waals surface area contributed by atoms with Crippen molar-refractivity contribution in [3.05, 3.63) is 22.7 Å². The van der Waals surface area contributed by atoms with Crippen LogP contribution in [0.25, 0.3) is 0 Å². The minimum atomic E-state index is 0.251. The number of halogens is 1. The van der Waals surface area contributed by atoms with Gasteiger partial charge < -0.3 is 5.73 Å². The van der Waals surface area contributed by atoms with Gasteiger partial charge in [0.15, 0.2) is 0 Å². The van der Waals surface area contributed by atoms with Gasteiger partial charge in [-0.25, -0.2) is 9.97 Å². The summed E-state index contributed by atoms with van der Waals surface area (Å²) in [6.45, 7) is 0. The zero-order chi connectivity index (χ0) is 9.26. The van der Waals surface area contributed by atoms with Gasteiger partial charge in [-0.05, 0) is 34.7 Å². The number of rotatable bonds is 3. The van der Waals surface area contributed by atoms with Crippen molar-refractivity contribution in [3.63, 3.8) is 0 Å². The van der Waals surface area contributed by atoms with Crippen LogP contribution in [0.2, 0.25) is 0 Å². The van der Waals surface area contributed by atoms with Crippen LogP contribution in [0.3, 0.4) is 0 Å². The standard InChI is InChI=1S/C9H12BrN3/c10-7-4-12-9(13-5-7)3-8(11)6-1-2-6/h4-6,8H,1-3,11H2. The fourth-order valence-electron chi connectivity index (χ4n) is 1.35. The van der Waals surface area contributed by atoms with Crippen LogP contribution in [0.4, 0.5) is 0 Å². The van der Waals surface area contributed by atoms with E-state index >= 15 is 0 Å². The van der Waals surface area contributed by atoms with Gasteiger partial charge in [0.25, 0.3) is 0 Å². The van der Waals surface area contributed by atoms with Gasteiger partial charge >= 0.3 is 0 Å². The predicted octanol–water partition coefficient (Wildman–Crippen LogP) is 1.52. The number of nitrogens with two attached hydrogens (primary N) is 1. The fourth-order valence-corrected chi connectivity index (χ4v) is 1.55. The van der Waals surface area contributed by atoms with E-state index in [4.69, 9.17) is 5.73 Å². The van der Waals surface area contributed by atoms with Crippen LogP contribution in [0.15, 0.2) is 16.9 Å². The Kier molecular flexibility index (Phi) is 2.60. The first-order valence-corrected chi connectivity index (χ1v) is 5.27. The van der Waals surface area contributed by atoms with Crippen molar-refractivity contribution in [2.75, 3.05) is 0 Å². The van der Waals surface area contributed by atoms with Crippen LogP contribution in [0, 0.1) is 5.92 Å². The lowest BCUT2D eigenvalue weighted by Gasteiger charge is -2.07. The molecule has 0 bridgehead atoms. The minimum Gasteiger partial charge on any atom is -0.327 e. The van der Waals surface area contributed by atoms with E-state index < -0.39 is 0 Å². The lowest BCUT2D eigenvalue weighted by Crippen LogP contribution is -2.26. The molecular weight excluding hydrogens is 230 g/mol. The summed E-state index contributed by atoms with van der Waals surface area (Å²) in [5, 5.41) is 0. The summed E-state index contributed by atoms with van der Waals surface area (Å²) in [6, 6.07) is 0.251. The molecule has 2 rings (SSSR count). The van der Waals surface area contributed by atoms with Gasteiger partial charge in [-0.2, -0.15) is 0 Å². The molecule has 0 aliphatic heterocycles. The van der Waals surface area contributed by atoms with E-state index in [9.17, 15) is 0 Å². The maximum Gasteiger partial charge on any atom is 0.129 e. The monoisotopic (exact) mass is 241 g/mol. The first-order chi connectivity index (χ1) is 6.25. The molecule has 0 saturated heterocycles. The molecule has 1 aromatic heterocycles. The first-order valence-electron chi connectivity index (χ1n) is 4.47. The average molecular weight is 242 g/mol. The molecule has 1 heterocycles. The molecule has 2 N–H and O–H groups in total. The van der Waals surface area contributed by atoms with Crippen LogP contribution < -0.4 is 5.73 Å². The fraction of sp³-hybridized carbons (Fsp3) is 0.556. The molecule has 0 aromatic carbocycles. The summed E-state index contributed by atoms with van der Waals surface area (Å²) in [7, 11) is 0. The molecule has 13 heavy (non-hydrogen) atoms. The van der Waals surface area contributed by atoms with Gasteiger partial charge in [-0.1, -0.05) is 0 Å². The second-order valence-corrected chi connectivity index (χ2v) is 4.44. The molecule has 1 aromatic rings. The third-order valence-electron chi connectivity index (χ3n) is 2.32. The van der Waals surface area contributed by atoms with E-state index in [0.717, 1.165) is 16.7 Å². The summed E-state index contributed by atoms with van der Waals surface area (Å²) in [5.41, 5.74) is 5.96. The highest BCUT2D eigenvalue weighted by Gasteiger charge is 2.28. The second-order valence-electron chi connectivity index (χ2n) is 3.52. The summed E-state index contributed by atoms with van der Waals surface area (Å²) >= 11 is 3.30. The summed E-state index contributed by atoms with van der Waals surface area (Å²) in [6.07, 6.45) is 6.89. The van der Waals surface area contributed by atoms with Gasteiger partial charge in [0.05, 0.1) is 4.47 Å². The van der Waals surface area contributed by atoms with Crippen molar-refractivity contribution < 1.29 is 0 Å². The second kappa shape index (κ2) is 3.72. The lowest BCUT2D eigenvalue weighted by atomic mass is 10.1. The van der Waals surface area contributed by atoms with E-state index in [1.165, 1.54) is 12.8 Å². The SMILES string of the molecule is NC(Cc1ncc(Br)cn1)C1CC1. The van der Waals surface area contributed by atoms with E-state index in [1.54, 1.807) is 12.4 Å². The Labute approximate surface area is 85.9 Å². The van der Waals surface area contributed by atoms with Gasteiger partial charge in [-0.15, -0.1) is 0 Å². The summed E-state index contributed by atoms with van der Waals surface area (Å²) < 4.78 is 0.913. The molecule has 1 aliphatic carbocycles. The third-order valence-corrected chi connectivity index (χ3v) is 2.73. The molecule has 0 spiro atoms. The Morgan fingerprint density at radius 3 is 2.62 bits per heavy atom. The maximum atomic E-state index is 5.96. The number of nitrogens with zero attached hydrogens (tertiary/aromatic N) is 2. The molecule has 1 atom stereocenters. The van der Waals surface area contributed by atoms with Crippen LogP contribution in [-0.2, 0) is 6.42 Å². The van der Waals surface area contributed by atoms with Crippen molar-refractivity contribution in [2.45, 2.75) is 25.3 Å². The van der Waals surface area contributed by atoms with Crippen LogP contribution in [0.1, 0.15) is 18.7 Å². The summed E-state index contributed by atoms with van der Waals surface area (Å²) in [5.74, 6) is 1.56. The van der Waals surface area contributed by atoms with Gasteiger partial charge in [0.2, 0.25) is 0 Å². The summed E-state index contributed by atoms with van der Waals surface area (Å²) in [4.78, 5) is 8.38. The molecular formula is C9H12BrN3. The minimum absolute atomic E-state index is 0.251. The van der Waals surface area contributed by atoms with Gasteiger partial charge in [0, 0.05) is 24.9 Å². The third kappa shape index (κ3) is 2.48. The molecule has 0 radical (unpaired) electrons. The van der Waals surface area contributed by atoms with Crippen molar-refractivity contribution in [1.29, 1.82) is 0 Å². The van der Waals surface area contributed by atoms with E-state index in [0.29, 0.717) is 5.92 Å². The predicted molar refractivity (Wildman–Crippen MR) is 54.1 cm³/mol. The highest BCUT2D eigenvalue weighted by atomic mass is 79.9. The van der Waals surface area contributed by atoms with Gasteiger partial charge in [-0.3, -0.25) is 0 Å². The zero-order valence-corrected chi connectivity index (χ0v) is 8.87. The normalized spacial score (nSPS) is 18.6. The Balaban J connectivity index is 1.96. The smallest absolute Gasteiger partial charge is 0.129 e. The number of aromatic nitrogens is 2. The molecule has 3 nitrogen and oxygen atoms in total. The topological polar surface area (TPSA) is 51.8 Å². The zero-order valence-electron chi connectivity index (χ0n) is 7.28. The van der Waals surface area contributed by atoms with Crippen molar-refractivity contribution >= 4 is 15.9 Å². The van der Waals surface area contributed by atoms with Gasteiger partial charge in [0.1, 0.15) is 5.82 Å².